The Kier molecular flexibility index (Phi) is 3.99. The van der Waals surface area contributed by atoms with E-state index in [1.807, 2.05) is 34.6 Å². The molecule has 0 fully saturated rings. The van der Waals surface area contributed by atoms with E-state index in [4.69, 9.17) is 11.6 Å². The first kappa shape index (κ1) is 14.2. The van der Waals surface area contributed by atoms with Gasteiger partial charge in [0.25, 0.3) is 0 Å². The second-order valence-electron chi connectivity index (χ2n) is 5.82. The van der Waals surface area contributed by atoms with Gasteiger partial charge in [0, 0.05) is 11.5 Å². The topological polar surface area (TPSA) is 58.0 Å². The van der Waals surface area contributed by atoms with Crippen molar-refractivity contribution in [1.29, 1.82) is 0 Å². The molecular formula is C12H20ClN3O. The lowest BCUT2D eigenvalue weighted by Crippen LogP contribution is -2.35. The largest absolute Gasteiger partial charge is 0.394 e. The second kappa shape index (κ2) is 4.78. The third-order valence-corrected chi connectivity index (χ3v) is 2.42. The minimum Gasteiger partial charge on any atom is -0.394 e. The highest BCUT2D eigenvalue weighted by Crippen LogP contribution is 2.23. The zero-order valence-electron chi connectivity index (χ0n) is 11.0. The summed E-state index contributed by atoms with van der Waals surface area (Å²) in [6, 6.07) is 1.66. The van der Waals surface area contributed by atoms with Gasteiger partial charge in [-0.05, 0) is 13.8 Å². The molecule has 0 aromatic carbocycles. The average molecular weight is 258 g/mol. The molecule has 5 heteroatoms. The molecule has 1 heterocycles. The van der Waals surface area contributed by atoms with Crippen molar-refractivity contribution < 1.29 is 5.11 Å². The third kappa shape index (κ3) is 4.13. The fourth-order valence-electron chi connectivity index (χ4n) is 1.20. The highest BCUT2D eigenvalue weighted by atomic mass is 35.5. The molecule has 0 saturated carbocycles. The monoisotopic (exact) mass is 257 g/mol. The molecule has 2 N–H and O–H groups in total. The van der Waals surface area contributed by atoms with Gasteiger partial charge in [-0.3, -0.25) is 0 Å². The van der Waals surface area contributed by atoms with Crippen LogP contribution in [-0.2, 0) is 5.41 Å². The van der Waals surface area contributed by atoms with E-state index in [2.05, 4.69) is 15.3 Å². The van der Waals surface area contributed by atoms with Crippen molar-refractivity contribution in [3.05, 3.63) is 17.0 Å². The van der Waals surface area contributed by atoms with E-state index in [1.165, 1.54) is 0 Å². The molecule has 0 aliphatic heterocycles. The Bertz CT molecular complexity index is 399. The number of aromatic nitrogens is 2. The van der Waals surface area contributed by atoms with E-state index >= 15 is 0 Å². The molecule has 0 aliphatic carbocycles. The van der Waals surface area contributed by atoms with Gasteiger partial charge in [-0.2, -0.15) is 0 Å². The number of nitrogens with one attached hydrogen (secondary N) is 1. The third-order valence-electron chi connectivity index (χ3n) is 2.23. The van der Waals surface area contributed by atoms with Crippen LogP contribution in [0.15, 0.2) is 6.07 Å². The lowest BCUT2D eigenvalue weighted by Gasteiger charge is -2.25. The summed E-state index contributed by atoms with van der Waals surface area (Å²) >= 11 is 5.97. The molecule has 0 saturated heterocycles. The van der Waals surface area contributed by atoms with Crippen LogP contribution in [-0.4, -0.2) is 27.2 Å². The number of rotatable bonds is 3. The Hall–Kier alpha value is -0.870. The molecule has 0 spiro atoms. The van der Waals surface area contributed by atoms with Gasteiger partial charge in [0.05, 0.1) is 12.1 Å². The summed E-state index contributed by atoms with van der Waals surface area (Å²) in [7, 11) is 0. The Morgan fingerprint density at radius 2 is 1.82 bits per heavy atom. The highest BCUT2D eigenvalue weighted by molar-refractivity contribution is 6.29. The highest BCUT2D eigenvalue weighted by Gasteiger charge is 2.21. The van der Waals surface area contributed by atoms with E-state index < -0.39 is 5.54 Å². The van der Waals surface area contributed by atoms with Gasteiger partial charge in [0.1, 0.15) is 16.8 Å². The van der Waals surface area contributed by atoms with E-state index in [1.54, 1.807) is 6.07 Å². The van der Waals surface area contributed by atoms with Crippen LogP contribution in [0.1, 0.15) is 40.4 Å². The van der Waals surface area contributed by atoms with E-state index in [9.17, 15) is 5.11 Å². The molecule has 96 valence electrons. The predicted octanol–water partition coefficient (Wildman–Crippen LogP) is 2.61. The maximum absolute atomic E-state index is 9.21. The van der Waals surface area contributed by atoms with E-state index in [-0.39, 0.29) is 12.0 Å². The summed E-state index contributed by atoms with van der Waals surface area (Å²) < 4.78 is 0. The Morgan fingerprint density at radius 1 is 1.24 bits per heavy atom. The number of anilines is 1. The van der Waals surface area contributed by atoms with Crippen LogP contribution in [0.5, 0.6) is 0 Å². The molecule has 0 amide bonds. The standard InChI is InChI=1S/C12H20ClN3O/c1-11(2,3)10-14-8(13)6-9(15-10)16-12(4,5)7-17/h6,17H,7H2,1-5H3,(H,14,15,16). The fourth-order valence-corrected chi connectivity index (χ4v) is 1.39. The number of aliphatic hydroxyl groups excluding tert-OH is 1. The van der Waals surface area contributed by atoms with Crippen molar-refractivity contribution in [2.75, 3.05) is 11.9 Å². The number of aliphatic hydroxyl groups is 1. The van der Waals surface area contributed by atoms with Gasteiger partial charge in [-0.1, -0.05) is 32.4 Å². The van der Waals surface area contributed by atoms with Gasteiger partial charge in [-0.25, -0.2) is 9.97 Å². The van der Waals surface area contributed by atoms with Crippen molar-refractivity contribution in [3.63, 3.8) is 0 Å². The minimum absolute atomic E-state index is 0.0134. The number of hydrogen-bond acceptors (Lipinski definition) is 4. The zero-order chi connectivity index (χ0) is 13.3. The summed E-state index contributed by atoms with van der Waals surface area (Å²) in [6.07, 6.45) is 0. The lowest BCUT2D eigenvalue weighted by atomic mass is 9.96. The van der Waals surface area contributed by atoms with Crippen LogP contribution in [0.3, 0.4) is 0 Å². The SMILES string of the molecule is CC(C)(CO)Nc1cc(Cl)nc(C(C)(C)C)n1. The molecule has 0 bridgehead atoms. The average Bonchev–Trinajstić information content (AvgIpc) is 2.14. The molecule has 1 rings (SSSR count). The van der Waals surface area contributed by atoms with Crippen LogP contribution in [0, 0.1) is 0 Å². The molecular weight excluding hydrogens is 238 g/mol. The molecule has 0 unspecified atom stereocenters. The van der Waals surface area contributed by atoms with Gasteiger partial charge < -0.3 is 10.4 Å². The maximum atomic E-state index is 9.21. The summed E-state index contributed by atoms with van der Waals surface area (Å²) in [6.45, 7) is 9.87. The Labute approximate surface area is 107 Å². The number of halogens is 1. The normalized spacial score (nSPS) is 12.6. The molecule has 0 atom stereocenters. The number of nitrogens with zero attached hydrogens (tertiary/aromatic N) is 2. The molecule has 17 heavy (non-hydrogen) atoms. The van der Waals surface area contributed by atoms with Crippen molar-refractivity contribution >= 4 is 17.4 Å². The first-order valence-corrected chi connectivity index (χ1v) is 5.96. The van der Waals surface area contributed by atoms with Crippen molar-refractivity contribution in [3.8, 4) is 0 Å². The van der Waals surface area contributed by atoms with E-state index in [0.29, 0.717) is 16.8 Å². The summed E-state index contributed by atoms with van der Waals surface area (Å²) in [4.78, 5) is 8.63. The second-order valence-corrected chi connectivity index (χ2v) is 6.20. The van der Waals surface area contributed by atoms with Gasteiger partial charge in [0.15, 0.2) is 0 Å². The Morgan fingerprint density at radius 3 is 2.29 bits per heavy atom. The summed E-state index contributed by atoms with van der Waals surface area (Å²) in [5.74, 6) is 1.32. The van der Waals surface area contributed by atoms with Crippen LogP contribution in [0.2, 0.25) is 5.15 Å². The summed E-state index contributed by atoms with van der Waals surface area (Å²) in [5.41, 5.74) is -0.600. The molecule has 1 aromatic heterocycles. The molecule has 0 radical (unpaired) electrons. The van der Waals surface area contributed by atoms with E-state index in [0.717, 1.165) is 0 Å². The molecule has 1 aromatic rings. The first-order valence-electron chi connectivity index (χ1n) is 5.58. The maximum Gasteiger partial charge on any atom is 0.137 e. The Balaban J connectivity index is 3.06. The first-order chi connectivity index (χ1) is 7.64. The quantitative estimate of drug-likeness (QED) is 0.818. The fraction of sp³-hybridized carbons (Fsp3) is 0.667. The van der Waals surface area contributed by atoms with Crippen LogP contribution >= 0.6 is 11.6 Å². The number of hydrogen-bond donors (Lipinski definition) is 2. The van der Waals surface area contributed by atoms with Gasteiger partial charge in [-0.15, -0.1) is 0 Å². The molecule has 0 aliphatic rings. The van der Waals surface area contributed by atoms with Gasteiger partial charge >= 0.3 is 0 Å². The lowest BCUT2D eigenvalue weighted by molar-refractivity contribution is 0.234. The minimum atomic E-state index is -0.438. The summed E-state index contributed by atoms with van der Waals surface area (Å²) in [5, 5.41) is 12.8. The van der Waals surface area contributed by atoms with Crippen LogP contribution in [0.25, 0.3) is 0 Å². The van der Waals surface area contributed by atoms with Crippen molar-refractivity contribution in [1.82, 2.24) is 9.97 Å². The van der Waals surface area contributed by atoms with Gasteiger partial charge in [0.2, 0.25) is 0 Å². The molecule has 4 nitrogen and oxygen atoms in total. The van der Waals surface area contributed by atoms with Crippen molar-refractivity contribution in [2.24, 2.45) is 0 Å². The van der Waals surface area contributed by atoms with Crippen LogP contribution < -0.4 is 5.32 Å². The smallest absolute Gasteiger partial charge is 0.137 e. The predicted molar refractivity (Wildman–Crippen MR) is 70.5 cm³/mol. The van der Waals surface area contributed by atoms with Crippen LogP contribution in [0.4, 0.5) is 5.82 Å². The van der Waals surface area contributed by atoms with Crippen molar-refractivity contribution in [2.45, 2.75) is 45.6 Å². The zero-order valence-corrected chi connectivity index (χ0v) is 11.8.